The highest BCUT2D eigenvalue weighted by Gasteiger charge is 2.32. The van der Waals surface area contributed by atoms with Gasteiger partial charge in [-0.25, -0.2) is 4.98 Å². The molecule has 9 nitrogen and oxygen atoms in total. The summed E-state index contributed by atoms with van der Waals surface area (Å²) in [5.74, 6) is 0.455. The first-order valence-electron chi connectivity index (χ1n) is 10.2. The molecule has 0 saturated carbocycles. The molecule has 1 fully saturated rings. The van der Waals surface area contributed by atoms with Crippen molar-refractivity contribution in [2.45, 2.75) is 45.7 Å². The van der Waals surface area contributed by atoms with E-state index in [0.29, 0.717) is 17.9 Å². The van der Waals surface area contributed by atoms with Crippen molar-refractivity contribution in [1.82, 2.24) is 33.8 Å². The van der Waals surface area contributed by atoms with E-state index < -0.39 is 0 Å². The maximum Gasteiger partial charge on any atom is 0.279 e. The van der Waals surface area contributed by atoms with Gasteiger partial charge in [0.05, 0.1) is 29.0 Å². The molecule has 1 unspecified atom stereocenters. The Morgan fingerprint density at radius 2 is 1.97 bits per heavy atom. The van der Waals surface area contributed by atoms with Gasteiger partial charge in [0.2, 0.25) is 5.91 Å². The van der Waals surface area contributed by atoms with Gasteiger partial charge in [-0.3, -0.25) is 14.0 Å². The SMILES string of the molecule is CC(=O)N1CCCC1c1cnnn1-c1ncn2c1c(=O)n(C(C)C)c1ccccc12. The number of amides is 1. The zero-order valence-corrected chi connectivity index (χ0v) is 17.2. The molecule has 1 amide bonds. The van der Waals surface area contributed by atoms with Gasteiger partial charge in [0.15, 0.2) is 11.3 Å². The summed E-state index contributed by atoms with van der Waals surface area (Å²) < 4.78 is 5.21. The molecule has 1 atom stereocenters. The maximum absolute atomic E-state index is 13.5. The lowest BCUT2D eigenvalue weighted by Crippen LogP contribution is -2.30. The van der Waals surface area contributed by atoms with Crippen LogP contribution in [0.15, 0.2) is 41.6 Å². The molecular weight excluding hydrogens is 382 g/mol. The van der Waals surface area contributed by atoms with E-state index in [9.17, 15) is 9.59 Å². The average Bonchev–Trinajstić information content (AvgIpc) is 3.45. The van der Waals surface area contributed by atoms with Gasteiger partial charge in [0, 0.05) is 19.5 Å². The molecule has 0 aliphatic carbocycles. The third-order valence-corrected chi connectivity index (χ3v) is 5.86. The van der Waals surface area contributed by atoms with Crippen molar-refractivity contribution in [1.29, 1.82) is 0 Å². The van der Waals surface area contributed by atoms with E-state index in [-0.39, 0.29) is 23.6 Å². The van der Waals surface area contributed by atoms with Crippen LogP contribution in [0.1, 0.15) is 51.4 Å². The second-order valence-corrected chi connectivity index (χ2v) is 7.99. The van der Waals surface area contributed by atoms with Gasteiger partial charge in [-0.15, -0.1) is 5.10 Å². The number of aromatic nitrogens is 6. The van der Waals surface area contributed by atoms with Crippen molar-refractivity contribution in [2.75, 3.05) is 6.54 Å². The average molecular weight is 405 g/mol. The Kier molecular flexibility index (Phi) is 4.19. The Morgan fingerprint density at radius 1 is 1.20 bits per heavy atom. The zero-order chi connectivity index (χ0) is 21.0. The first kappa shape index (κ1) is 18.5. The minimum Gasteiger partial charge on any atom is -0.334 e. The first-order chi connectivity index (χ1) is 14.5. The van der Waals surface area contributed by atoms with E-state index in [4.69, 9.17) is 0 Å². The highest BCUT2D eigenvalue weighted by molar-refractivity contribution is 5.81. The number of benzene rings is 1. The van der Waals surface area contributed by atoms with E-state index in [0.717, 1.165) is 29.6 Å². The van der Waals surface area contributed by atoms with Crippen molar-refractivity contribution in [2.24, 2.45) is 0 Å². The number of likely N-dealkylation sites (tertiary alicyclic amines) is 1. The van der Waals surface area contributed by atoms with Crippen LogP contribution >= 0.6 is 0 Å². The third kappa shape index (κ3) is 2.58. The monoisotopic (exact) mass is 405 g/mol. The van der Waals surface area contributed by atoms with Gasteiger partial charge < -0.3 is 9.47 Å². The van der Waals surface area contributed by atoms with Gasteiger partial charge in [-0.1, -0.05) is 17.3 Å². The summed E-state index contributed by atoms with van der Waals surface area (Å²) in [7, 11) is 0. The number of hydrogen-bond acceptors (Lipinski definition) is 5. The number of fused-ring (bicyclic) bond motifs is 3. The number of carbonyl (C=O) groups excluding carboxylic acids is 1. The lowest BCUT2D eigenvalue weighted by molar-refractivity contribution is -0.129. The molecule has 1 aromatic carbocycles. The molecule has 0 N–H and O–H groups in total. The van der Waals surface area contributed by atoms with E-state index >= 15 is 0 Å². The van der Waals surface area contributed by atoms with E-state index in [1.165, 1.54) is 0 Å². The highest BCUT2D eigenvalue weighted by atomic mass is 16.2. The quantitative estimate of drug-likeness (QED) is 0.522. The summed E-state index contributed by atoms with van der Waals surface area (Å²) in [6.07, 6.45) is 5.07. The molecule has 0 radical (unpaired) electrons. The van der Waals surface area contributed by atoms with Crippen molar-refractivity contribution >= 4 is 22.5 Å². The van der Waals surface area contributed by atoms with Gasteiger partial charge in [-0.2, -0.15) is 4.68 Å². The molecule has 4 aromatic rings. The molecule has 3 aromatic heterocycles. The number of rotatable bonds is 3. The number of para-hydroxylation sites is 2. The maximum atomic E-state index is 13.5. The Balaban J connectivity index is 1.78. The Labute approximate surface area is 172 Å². The largest absolute Gasteiger partial charge is 0.334 e. The van der Waals surface area contributed by atoms with E-state index in [1.54, 1.807) is 28.7 Å². The number of hydrogen-bond donors (Lipinski definition) is 0. The summed E-state index contributed by atoms with van der Waals surface area (Å²) in [4.78, 5) is 32.0. The molecule has 4 heterocycles. The zero-order valence-electron chi connectivity index (χ0n) is 17.2. The van der Waals surface area contributed by atoms with Gasteiger partial charge in [-0.05, 0) is 38.8 Å². The van der Waals surface area contributed by atoms with Crippen LogP contribution in [0, 0.1) is 0 Å². The Hall–Kier alpha value is -3.49. The fraction of sp³-hybridized carbons (Fsp3) is 0.381. The first-order valence-corrected chi connectivity index (χ1v) is 10.2. The standard InChI is InChI=1S/C21H23N7O2/c1-13(2)27-17-8-5-4-7-15(17)26-12-22-20(19(26)21(27)30)28-18(11-23-24-28)16-9-6-10-25(16)14(3)29/h4-5,7-8,11-13,16H,6,9-10H2,1-3H3. The van der Waals surface area contributed by atoms with Crippen molar-refractivity contribution in [3.8, 4) is 5.82 Å². The molecule has 154 valence electrons. The van der Waals surface area contributed by atoms with Gasteiger partial charge >= 0.3 is 0 Å². The predicted molar refractivity (Wildman–Crippen MR) is 112 cm³/mol. The highest BCUT2D eigenvalue weighted by Crippen LogP contribution is 2.33. The fourth-order valence-electron chi connectivity index (χ4n) is 4.57. The third-order valence-electron chi connectivity index (χ3n) is 5.86. The summed E-state index contributed by atoms with van der Waals surface area (Å²) >= 11 is 0. The number of carbonyl (C=O) groups is 1. The van der Waals surface area contributed by atoms with Crippen LogP contribution < -0.4 is 5.56 Å². The van der Waals surface area contributed by atoms with Crippen LogP contribution in [0.25, 0.3) is 22.4 Å². The lowest BCUT2D eigenvalue weighted by atomic mass is 10.1. The van der Waals surface area contributed by atoms with Crippen LogP contribution in [0.5, 0.6) is 0 Å². The minimum absolute atomic E-state index is 0.0200. The summed E-state index contributed by atoms with van der Waals surface area (Å²) in [5.41, 5.74) is 2.83. The second-order valence-electron chi connectivity index (χ2n) is 7.99. The molecule has 1 aliphatic heterocycles. The van der Waals surface area contributed by atoms with Crippen LogP contribution in [-0.2, 0) is 4.79 Å². The summed E-state index contributed by atoms with van der Waals surface area (Å²) in [5, 5.41) is 8.34. The van der Waals surface area contributed by atoms with Crippen molar-refractivity contribution < 1.29 is 4.79 Å². The number of imidazole rings is 1. The van der Waals surface area contributed by atoms with Gasteiger partial charge in [0.25, 0.3) is 5.56 Å². The normalized spacial score (nSPS) is 16.9. The molecule has 1 aliphatic rings. The van der Waals surface area contributed by atoms with Crippen molar-refractivity contribution in [3.63, 3.8) is 0 Å². The second kappa shape index (κ2) is 6.79. The molecule has 0 bridgehead atoms. The fourth-order valence-corrected chi connectivity index (χ4v) is 4.57. The molecule has 5 rings (SSSR count). The van der Waals surface area contributed by atoms with Crippen LogP contribution in [-0.4, -0.2) is 46.3 Å². The molecule has 9 heteroatoms. The topological polar surface area (TPSA) is 90.3 Å². The van der Waals surface area contributed by atoms with Gasteiger partial charge in [0.1, 0.15) is 6.33 Å². The number of nitrogens with zero attached hydrogens (tertiary/aromatic N) is 7. The van der Waals surface area contributed by atoms with Crippen LogP contribution in [0.4, 0.5) is 0 Å². The van der Waals surface area contributed by atoms with Crippen LogP contribution in [0.2, 0.25) is 0 Å². The van der Waals surface area contributed by atoms with E-state index in [1.807, 2.05) is 47.4 Å². The predicted octanol–water partition coefficient (Wildman–Crippen LogP) is 2.49. The molecule has 0 spiro atoms. The molecular formula is C21H23N7O2. The van der Waals surface area contributed by atoms with Crippen LogP contribution in [0.3, 0.4) is 0 Å². The smallest absolute Gasteiger partial charge is 0.279 e. The lowest BCUT2D eigenvalue weighted by Gasteiger charge is -2.23. The molecule has 1 saturated heterocycles. The summed E-state index contributed by atoms with van der Waals surface area (Å²) in [6, 6.07) is 7.65. The minimum atomic E-state index is -0.132. The van der Waals surface area contributed by atoms with E-state index in [2.05, 4.69) is 15.3 Å². The Morgan fingerprint density at radius 3 is 2.70 bits per heavy atom. The van der Waals surface area contributed by atoms with Crippen molar-refractivity contribution in [3.05, 3.63) is 52.8 Å². The molecule has 30 heavy (non-hydrogen) atoms. The summed E-state index contributed by atoms with van der Waals surface area (Å²) in [6.45, 7) is 6.26. The Bertz CT molecular complexity index is 1330.